The largest absolute Gasteiger partial charge is 0.465 e. The molecule has 6 heteroatoms. The van der Waals surface area contributed by atoms with Crippen molar-refractivity contribution in [3.05, 3.63) is 64.2 Å². The Bertz CT molecular complexity index is 889. The summed E-state index contributed by atoms with van der Waals surface area (Å²) in [6.45, 7) is 3.58. The van der Waals surface area contributed by atoms with Crippen molar-refractivity contribution in [2.75, 3.05) is 7.11 Å². The van der Waals surface area contributed by atoms with E-state index in [2.05, 4.69) is 9.73 Å². The van der Waals surface area contributed by atoms with Crippen LogP contribution in [0.5, 0.6) is 0 Å². The highest BCUT2D eigenvalue weighted by molar-refractivity contribution is 6.12. The fraction of sp³-hybridized carbons (Fsp3) is 0.167. The van der Waals surface area contributed by atoms with Crippen molar-refractivity contribution >= 4 is 23.9 Å². The van der Waals surface area contributed by atoms with E-state index in [1.54, 1.807) is 6.92 Å². The van der Waals surface area contributed by atoms with Gasteiger partial charge in [-0.3, -0.25) is 0 Å². The third-order valence-electron chi connectivity index (χ3n) is 3.51. The molecule has 1 aliphatic heterocycles. The third-order valence-corrected chi connectivity index (χ3v) is 3.51. The van der Waals surface area contributed by atoms with Gasteiger partial charge in [-0.2, -0.15) is 0 Å². The molecule has 0 bridgehead atoms. The normalized spacial score (nSPS) is 15.4. The van der Waals surface area contributed by atoms with Gasteiger partial charge in [-0.25, -0.2) is 14.6 Å². The van der Waals surface area contributed by atoms with E-state index in [9.17, 15) is 9.59 Å². The van der Waals surface area contributed by atoms with E-state index in [0.717, 1.165) is 11.1 Å². The first-order valence-electron chi connectivity index (χ1n) is 7.26. The van der Waals surface area contributed by atoms with E-state index in [4.69, 9.17) is 9.15 Å². The Kier molecular flexibility index (Phi) is 4.04. The van der Waals surface area contributed by atoms with E-state index in [1.165, 1.54) is 19.3 Å². The van der Waals surface area contributed by atoms with Gasteiger partial charge in [0.05, 0.1) is 7.11 Å². The maximum absolute atomic E-state index is 12.0. The van der Waals surface area contributed by atoms with Crippen LogP contribution in [0.3, 0.4) is 0 Å². The van der Waals surface area contributed by atoms with Gasteiger partial charge in [0, 0.05) is 11.6 Å². The SMILES string of the molecule is COC(=O)c1cc(/C=C2\N=C(c3cccc(C)c3)OC2=O)oc1C. The van der Waals surface area contributed by atoms with Crippen molar-refractivity contribution in [3.8, 4) is 0 Å². The van der Waals surface area contributed by atoms with Gasteiger partial charge < -0.3 is 13.9 Å². The van der Waals surface area contributed by atoms with Crippen molar-refractivity contribution in [2.24, 2.45) is 4.99 Å². The highest BCUT2D eigenvalue weighted by atomic mass is 16.6. The molecule has 0 N–H and O–H groups in total. The molecule has 0 fully saturated rings. The maximum Gasteiger partial charge on any atom is 0.363 e. The molecule has 0 saturated carbocycles. The minimum Gasteiger partial charge on any atom is -0.465 e. The third kappa shape index (κ3) is 2.99. The van der Waals surface area contributed by atoms with E-state index in [1.807, 2.05) is 31.2 Å². The van der Waals surface area contributed by atoms with Gasteiger partial charge in [-0.05, 0) is 32.0 Å². The van der Waals surface area contributed by atoms with Gasteiger partial charge in [0.25, 0.3) is 0 Å². The van der Waals surface area contributed by atoms with Crippen LogP contribution in [0.1, 0.15) is 33.0 Å². The van der Waals surface area contributed by atoms with Crippen LogP contribution < -0.4 is 0 Å². The van der Waals surface area contributed by atoms with E-state index in [0.29, 0.717) is 17.1 Å². The number of esters is 2. The van der Waals surface area contributed by atoms with Gasteiger partial charge >= 0.3 is 11.9 Å². The summed E-state index contributed by atoms with van der Waals surface area (Å²) < 4.78 is 15.3. The molecule has 0 saturated heterocycles. The number of carbonyl (C=O) groups is 2. The number of aryl methyl sites for hydroxylation is 2. The Hall–Kier alpha value is -3.15. The zero-order chi connectivity index (χ0) is 17.3. The molecule has 24 heavy (non-hydrogen) atoms. The highest BCUT2D eigenvalue weighted by Crippen LogP contribution is 2.22. The second-order valence-electron chi connectivity index (χ2n) is 5.32. The molecule has 0 atom stereocenters. The Morgan fingerprint density at radius 1 is 1.25 bits per heavy atom. The number of benzene rings is 1. The Morgan fingerprint density at radius 2 is 2.04 bits per heavy atom. The lowest BCUT2D eigenvalue weighted by Crippen LogP contribution is -2.05. The number of aliphatic imine (C=N–C) groups is 1. The number of nitrogens with zero attached hydrogens (tertiary/aromatic N) is 1. The van der Waals surface area contributed by atoms with Crippen molar-refractivity contribution in [2.45, 2.75) is 13.8 Å². The fourth-order valence-electron chi connectivity index (χ4n) is 2.33. The van der Waals surface area contributed by atoms with Crippen LogP contribution in [0.15, 0.2) is 45.4 Å². The first-order chi connectivity index (χ1) is 11.5. The van der Waals surface area contributed by atoms with Gasteiger partial charge in [-0.15, -0.1) is 0 Å². The van der Waals surface area contributed by atoms with Crippen LogP contribution in [0.2, 0.25) is 0 Å². The second-order valence-corrected chi connectivity index (χ2v) is 5.32. The lowest BCUT2D eigenvalue weighted by atomic mass is 10.1. The highest BCUT2D eigenvalue weighted by Gasteiger charge is 2.25. The second kappa shape index (κ2) is 6.16. The Balaban J connectivity index is 1.93. The van der Waals surface area contributed by atoms with E-state index < -0.39 is 11.9 Å². The number of hydrogen-bond donors (Lipinski definition) is 0. The summed E-state index contributed by atoms with van der Waals surface area (Å²) in [5, 5.41) is 0. The minimum atomic E-state index is -0.569. The lowest BCUT2D eigenvalue weighted by Gasteiger charge is -1.99. The summed E-state index contributed by atoms with van der Waals surface area (Å²) in [6.07, 6.45) is 1.44. The summed E-state index contributed by atoms with van der Waals surface area (Å²) in [5.74, 6) is -0.0949. The maximum atomic E-state index is 12.0. The van der Waals surface area contributed by atoms with Crippen molar-refractivity contribution in [3.63, 3.8) is 0 Å². The molecule has 2 aromatic rings. The summed E-state index contributed by atoms with van der Waals surface area (Å²) in [7, 11) is 1.29. The number of cyclic esters (lactones) is 1. The number of rotatable bonds is 3. The molecule has 3 rings (SSSR count). The van der Waals surface area contributed by atoms with Crippen molar-refractivity contribution in [1.82, 2.24) is 0 Å². The summed E-state index contributed by atoms with van der Waals surface area (Å²) in [4.78, 5) is 27.8. The predicted octanol–water partition coefficient (Wildman–Crippen LogP) is 3.03. The first-order valence-corrected chi connectivity index (χ1v) is 7.26. The molecule has 1 aromatic carbocycles. The van der Waals surface area contributed by atoms with Gasteiger partial charge in [0.15, 0.2) is 5.70 Å². The molecule has 0 unspecified atom stereocenters. The van der Waals surface area contributed by atoms with Crippen LogP contribution in [0, 0.1) is 13.8 Å². The molecular formula is C18H15NO5. The molecular weight excluding hydrogens is 310 g/mol. The quantitative estimate of drug-likeness (QED) is 0.640. The average molecular weight is 325 g/mol. The standard InChI is InChI=1S/C18H15NO5/c1-10-5-4-6-12(7-10)16-19-15(18(21)24-16)9-13-8-14(11(2)23-13)17(20)22-3/h4-9H,1-3H3/b15-9-. The fourth-order valence-corrected chi connectivity index (χ4v) is 2.33. The zero-order valence-electron chi connectivity index (χ0n) is 13.5. The van der Waals surface area contributed by atoms with Gasteiger partial charge in [-0.1, -0.05) is 17.7 Å². The first kappa shape index (κ1) is 15.7. The molecule has 1 aliphatic rings. The number of carbonyl (C=O) groups excluding carboxylic acids is 2. The molecule has 0 radical (unpaired) electrons. The van der Waals surface area contributed by atoms with Crippen LogP contribution >= 0.6 is 0 Å². The average Bonchev–Trinajstić information content (AvgIpc) is 3.10. The molecule has 0 spiro atoms. The summed E-state index contributed by atoms with van der Waals surface area (Å²) in [6, 6.07) is 9.00. The van der Waals surface area contributed by atoms with Crippen molar-refractivity contribution in [1.29, 1.82) is 0 Å². The zero-order valence-corrected chi connectivity index (χ0v) is 13.5. The van der Waals surface area contributed by atoms with Crippen LogP contribution in [0.25, 0.3) is 6.08 Å². The summed E-state index contributed by atoms with van der Waals surface area (Å²) in [5.41, 5.74) is 2.17. The van der Waals surface area contributed by atoms with Crippen LogP contribution in [-0.2, 0) is 14.3 Å². The Labute approximate surface area is 138 Å². The smallest absolute Gasteiger partial charge is 0.363 e. The van der Waals surface area contributed by atoms with Gasteiger partial charge in [0.1, 0.15) is 17.1 Å². The monoisotopic (exact) mass is 325 g/mol. The molecule has 122 valence electrons. The molecule has 2 heterocycles. The van der Waals surface area contributed by atoms with Gasteiger partial charge in [0.2, 0.25) is 5.90 Å². The summed E-state index contributed by atoms with van der Waals surface area (Å²) >= 11 is 0. The predicted molar refractivity (Wildman–Crippen MR) is 86.6 cm³/mol. The Morgan fingerprint density at radius 3 is 2.75 bits per heavy atom. The minimum absolute atomic E-state index is 0.108. The number of furan rings is 1. The number of ether oxygens (including phenoxy) is 2. The van der Waals surface area contributed by atoms with Crippen molar-refractivity contribution < 1.29 is 23.5 Å². The van der Waals surface area contributed by atoms with Crippen LogP contribution in [0.4, 0.5) is 0 Å². The molecule has 0 aliphatic carbocycles. The number of hydrogen-bond acceptors (Lipinski definition) is 6. The van der Waals surface area contributed by atoms with E-state index in [-0.39, 0.29) is 11.6 Å². The topological polar surface area (TPSA) is 78.1 Å². The lowest BCUT2D eigenvalue weighted by molar-refractivity contribution is -0.129. The van der Waals surface area contributed by atoms with Crippen LogP contribution in [-0.4, -0.2) is 24.9 Å². The molecule has 1 aromatic heterocycles. The molecule has 6 nitrogen and oxygen atoms in total. The number of methoxy groups -OCH3 is 1. The molecule has 0 amide bonds. The van der Waals surface area contributed by atoms with E-state index >= 15 is 0 Å².